The molecule has 0 aliphatic heterocycles. The van der Waals surface area contributed by atoms with Gasteiger partial charge in [0, 0.05) is 6.54 Å². The maximum Gasteiger partial charge on any atom is 0.237 e. The highest BCUT2D eigenvalue weighted by Gasteiger charge is 2.21. The Morgan fingerprint density at radius 3 is 2.79 bits per heavy atom. The number of benzene rings is 2. The summed E-state index contributed by atoms with van der Waals surface area (Å²) in [5.41, 5.74) is 3.13. The van der Waals surface area contributed by atoms with Gasteiger partial charge >= 0.3 is 0 Å². The number of thioether (sulfide) groups is 1. The third kappa shape index (κ3) is 4.60. The van der Waals surface area contributed by atoms with Crippen molar-refractivity contribution in [3.63, 3.8) is 0 Å². The van der Waals surface area contributed by atoms with Gasteiger partial charge in [-0.05, 0) is 53.6 Å². The van der Waals surface area contributed by atoms with Crippen LogP contribution in [0.1, 0.15) is 17.5 Å². The molecule has 0 saturated heterocycles. The molecule has 0 bridgehead atoms. The fourth-order valence-electron chi connectivity index (χ4n) is 2.80. The number of hydrogen-bond donors (Lipinski definition) is 0. The van der Waals surface area contributed by atoms with E-state index in [2.05, 4.69) is 15.5 Å². The Morgan fingerprint density at radius 1 is 1.24 bits per heavy atom. The maximum atomic E-state index is 14.2. The molecule has 0 aliphatic rings. The zero-order valence-corrected chi connectivity index (χ0v) is 16.9. The Morgan fingerprint density at radius 2 is 2.03 bits per heavy atom. The third-order valence-corrected chi connectivity index (χ3v) is 5.37. The molecule has 0 aliphatic carbocycles. The Kier molecular flexibility index (Phi) is 6.57. The number of carbonyl (C=O) groups is 1. The Labute approximate surface area is 172 Å². The average Bonchev–Trinajstić information content (AvgIpc) is 3.18. The first kappa shape index (κ1) is 20.5. The predicted molar refractivity (Wildman–Crippen MR) is 108 cm³/mol. The quantitative estimate of drug-likeness (QED) is 0.555. The molecule has 0 radical (unpaired) electrons. The molecule has 7 nitrogen and oxygen atoms in total. The van der Waals surface area contributed by atoms with E-state index in [4.69, 9.17) is 5.26 Å². The van der Waals surface area contributed by atoms with Gasteiger partial charge in [0.25, 0.3) is 0 Å². The minimum atomic E-state index is -0.510. The normalized spacial score (nSPS) is 10.6. The first-order valence-corrected chi connectivity index (χ1v) is 9.91. The molecule has 3 rings (SSSR count). The van der Waals surface area contributed by atoms with Gasteiger partial charge in [0.15, 0.2) is 0 Å². The summed E-state index contributed by atoms with van der Waals surface area (Å²) in [5.74, 6) is -0.833. The van der Waals surface area contributed by atoms with Crippen LogP contribution in [0.3, 0.4) is 0 Å². The fourth-order valence-corrected chi connectivity index (χ4v) is 3.56. The highest BCUT2D eigenvalue weighted by atomic mass is 32.2. The van der Waals surface area contributed by atoms with E-state index in [-0.39, 0.29) is 30.3 Å². The lowest BCUT2D eigenvalue weighted by Gasteiger charge is -2.22. The van der Waals surface area contributed by atoms with Crippen molar-refractivity contribution in [2.75, 3.05) is 17.2 Å². The smallest absolute Gasteiger partial charge is 0.237 e. The second-order valence-corrected chi connectivity index (χ2v) is 7.23. The van der Waals surface area contributed by atoms with Crippen LogP contribution in [0.4, 0.5) is 10.1 Å². The van der Waals surface area contributed by atoms with Crippen LogP contribution in [0.25, 0.3) is 5.69 Å². The average molecular weight is 410 g/mol. The van der Waals surface area contributed by atoms with Gasteiger partial charge in [0.05, 0.1) is 29.6 Å². The van der Waals surface area contributed by atoms with Gasteiger partial charge in [-0.1, -0.05) is 36.0 Å². The SMILES string of the molecule is Cc1cccc(-n2nnnc2SCC(=O)N(CCC#N)c2ccccc2F)c1C. The standard InChI is InChI=1S/C20H19FN6OS/c1-14-7-5-10-17(15(14)2)27-20(23-24-25-27)29-13-19(28)26(12-6-11-22)18-9-4-3-8-16(18)21/h3-5,7-10H,6,12-13H2,1-2H3. The molecule has 2 aromatic carbocycles. The molecular formula is C20H19FN6OS. The summed E-state index contributed by atoms with van der Waals surface area (Å²) >= 11 is 1.16. The molecule has 1 aromatic heterocycles. The van der Waals surface area contributed by atoms with Crippen LogP contribution in [0, 0.1) is 31.0 Å². The van der Waals surface area contributed by atoms with Crippen LogP contribution in [0.15, 0.2) is 47.6 Å². The van der Waals surface area contributed by atoms with Crippen molar-refractivity contribution in [3.8, 4) is 11.8 Å². The number of nitrogens with zero attached hydrogens (tertiary/aromatic N) is 6. The molecule has 3 aromatic rings. The number of hydrogen-bond acceptors (Lipinski definition) is 6. The number of nitriles is 1. The van der Waals surface area contributed by atoms with Crippen molar-refractivity contribution < 1.29 is 9.18 Å². The third-order valence-electron chi connectivity index (χ3n) is 4.46. The minimum Gasteiger partial charge on any atom is -0.308 e. The Hall–Kier alpha value is -3.25. The summed E-state index contributed by atoms with van der Waals surface area (Å²) in [6.45, 7) is 4.09. The lowest BCUT2D eigenvalue weighted by Crippen LogP contribution is -2.34. The summed E-state index contributed by atoms with van der Waals surface area (Å²) in [7, 11) is 0. The number of amides is 1. The van der Waals surface area contributed by atoms with Crippen molar-refractivity contribution in [2.24, 2.45) is 0 Å². The van der Waals surface area contributed by atoms with Crippen molar-refractivity contribution in [1.82, 2.24) is 20.2 Å². The number of para-hydroxylation sites is 1. The number of aromatic nitrogens is 4. The molecule has 1 heterocycles. The highest BCUT2D eigenvalue weighted by Crippen LogP contribution is 2.24. The summed E-state index contributed by atoms with van der Waals surface area (Å²) < 4.78 is 15.8. The predicted octanol–water partition coefficient (Wildman–Crippen LogP) is 3.46. The second kappa shape index (κ2) is 9.30. The van der Waals surface area contributed by atoms with Crippen LogP contribution in [-0.4, -0.2) is 38.4 Å². The lowest BCUT2D eigenvalue weighted by molar-refractivity contribution is -0.116. The number of aryl methyl sites for hydroxylation is 1. The summed E-state index contributed by atoms with van der Waals surface area (Å²) in [5, 5.41) is 21.1. The highest BCUT2D eigenvalue weighted by molar-refractivity contribution is 7.99. The van der Waals surface area contributed by atoms with Crippen LogP contribution in [0.2, 0.25) is 0 Å². The number of carbonyl (C=O) groups excluding carboxylic acids is 1. The maximum absolute atomic E-state index is 14.2. The first-order chi connectivity index (χ1) is 14.0. The van der Waals surface area contributed by atoms with Crippen LogP contribution < -0.4 is 4.90 Å². The minimum absolute atomic E-state index is 0.00496. The van der Waals surface area contributed by atoms with Crippen LogP contribution in [-0.2, 0) is 4.79 Å². The Bertz CT molecular complexity index is 1060. The molecule has 1 amide bonds. The van der Waals surface area contributed by atoms with E-state index < -0.39 is 5.82 Å². The van der Waals surface area contributed by atoms with Gasteiger partial charge in [-0.3, -0.25) is 4.79 Å². The summed E-state index contributed by atoms with van der Waals surface area (Å²) in [6.07, 6.45) is 0.102. The van der Waals surface area contributed by atoms with Gasteiger partial charge in [0.2, 0.25) is 11.1 Å². The number of tetrazole rings is 1. The van der Waals surface area contributed by atoms with E-state index in [1.807, 2.05) is 38.1 Å². The van der Waals surface area contributed by atoms with Gasteiger partial charge in [-0.25, -0.2) is 4.39 Å². The summed E-state index contributed by atoms with van der Waals surface area (Å²) in [4.78, 5) is 14.1. The molecule has 0 atom stereocenters. The fraction of sp³-hybridized carbons (Fsp3) is 0.250. The first-order valence-electron chi connectivity index (χ1n) is 8.92. The summed E-state index contributed by atoms with van der Waals surface area (Å²) in [6, 6.07) is 13.8. The monoisotopic (exact) mass is 410 g/mol. The van der Waals surface area contributed by atoms with Gasteiger partial charge in [-0.15, -0.1) is 5.10 Å². The number of halogens is 1. The van der Waals surface area contributed by atoms with E-state index in [1.54, 1.807) is 16.8 Å². The van der Waals surface area contributed by atoms with Crippen LogP contribution in [0.5, 0.6) is 0 Å². The largest absolute Gasteiger partial charge is 0.308 e. The molecule has 0 spiro atoms. The van der Waals surface area contributed by atoms with E-state index >= 15 is 0 Å². The molecule has 0 N–H and O–H groups in total. The molecule has 29 heavy (non-hydrogen) atoms. The number of rotatable bonds is 7. The topological polar surface area (TPSA) is 87.7 Å². The van der Waals surface area contributed by atoms with Gasteiger partial charge < -0.3 is 4.90 Å². The molecule has 148 valence electrons. The van der Waals surface area contributed by atoms with Crippen molar-refractivity contribution in [2.45, 2.75) is 25.4 Å². The Balaban J connectivity index is 1.79. The molecular weight excluding hydrogens is 391 g/mol. The van der Waals surface area contributed by atoms with E-state index in [0.29, 0.717) is 5.16 Å². The van der Waals surface area contributed by atoms with Crippen molar-refractivity contribution >= 4 is 23.4 Å². The zero-order chi connectivity index (χ0) is 20.8. The van der Waals surface area contributed by atoms with Crippen LogP contribution >= 0.6 is 11.8 Å². The van der Waals surface area contributed by atoms with Gasteiger partial charge in [-0.2, -0.15) is 9.94 Å². The molecule has 9 heteroatoms. The number of anilines is 1. The van der Waals surface area contributed by atoms with E-state index in [9.17, 15) is 9.18 Å². The van der Waals surface area contributed by atoms with E-state index in [1.165, 1.54) is 17.0 Å². The van der Waals surface area contributed by atoms with E-state index in [0.717, 1.165) is 28.6 Å². The molecule has 0 fully saturated rings. The lowest BCUT2D eigenvalue weighted by atomic mass is 10.1. The molecule has 0 unspecified atom stereocenters. The second-order valence-electron chi connectivity index (χ2n) is 6.29. The zero-order valence-electron chi connectivity index (χ0n) is 16.0. The molecule has 0 saturated carbocycles. The van der Waals surface area contributed by atoms with Crippen molar-refractivity contribution in [3.05, 3.63) is 59.4 Å². The van der Waals surface area contributed by atoms with Crippen molar-refractivity contribution in [1.29, 1.82) is 5.26 Å². The van der Waals surface area contributed by atoms with Gasteiger partial charge in [0.1, 0.15) is 5.82 Å².